The SMILES string of the molecule is FC(F)(F)Oc1cc(Br)ccc1-c1cn[nH]c1N=Nc1ccn[nH]1. The Bertz CT molecular complexity index is 859. The predicted molar refractivity (Wildman–Crippen MR) is 81.2 cm³/mol. The van der Waals surface area contributed by atoms with Gasteiger partial charge in [0.25, 0.3) is 0 Å². The second kappa shape index (κ2) is 6.43. The van der Waals surface area contributed by atoms with Crippen molar-refractivity contribution in [3.63, 3.8) is 0 Å². The van der Waals surface area contributed by atoms with Crippen molar-refractivity contribution in [1.29, 1.82) is 0 Å². The zero-order chi connectivity index (χ0) is 17.2. The number of hydrogen-bond acceptors (Lipinski definition) is 5. The Kier molecular flexibility index (Phi) is 4.34. The zero-order valence-corrected chi connectivity index (χ0v) is 13.3. The molecule has 0 spiro atoms. The summed E-state index contributed by atoms with van der Waals surface area (Å²) in [5.74, 6) is 0.188. The molecule has 2 heterocycles. The summed E-state index contributed by atoms with van der Waals surface area (Å²) >= 11 is 3.12. The number of aromatic amines is 2. The highest BCUT2D eigenvalue weighted by molar-refractivity contribution is 9.10. The number of nitrogens with zero attached hydrogens (tertiary/aromatic N) is 4. The molecule has 2 N–H and O–H groups in total. The summed E-state index contributed by atoms with van der Waals surface area (Å²) in [7, 11) is 0. The van der Waals surface area contributed by atoms with Gasteiger partial charge in [-0.05, 0) is 18.2 Å². The van der Waals surface area contributed by atoms with Gasteiger partial charge < -0.3 is 4.74 Å². The summed E-state index contributed by atoms with van der Waals surface area (Å²) in [5, 5.41) is 20.5. The van der Waals surface area contributed by atoms with E-state index in [9.17, 15) is 13.2 Å². The van der Waals surface area contributed by atoms with Crippen molar-refractivity contribution in [3.8, 4) is 16.9 Å². The first-order chi connectivity index (χ1) is 11.4. The summed E-state index contributed by atoms with van der Waals surface area (Å²) in [6, 6.07) is 5.84. The van der Waals surface area contributed by atoms with Gasteiger partial charge in [0.1, 0.15) is 5.75 Å². The highest BCUT2D eigenvalue weighted by Crippen LogP contribution is 2.39. The van der Waals surface area contributed by atoms with Crippen LogP contribution in [0.2, 0.25) is 0 Å². The fourth-order valence-electron chi connectivity index (χ4n) is 1.89. The van der Waals surface area contributed by atoms with Crippen LogP contribution in [0.1, 0.15) is 0 Å². The van der Waals surface area contributed by atoms with Crippen molar-refractivity contribution in [3.05, 3.63) is 41.1 Å². The van der Waals surface area contributed by atoms with E-state index in [4.69, 9.17) is 0 Å². The Hall–Kier alpha value is -2.69. The average molecular weight is 401 g/mol. The van der Waals surface area contributed by atoms with Gasteiger partial charge in [-0.25, -0.2) is 0 Å². The lowest BCUT2D eigenvalue weighted by Crippen LogP contribution is -2.17. The Balaban J connectivity index is 1.99. The average Bonchev–Trinajstić information content (AvgIpc) is 3.15. The number of nitrogens with one attached hydrogen (secondary N) is 2. The number of alkyl halides is 3. The van der Waals surface area contributed by atoms with E-state index in [1.807, 2.05) is 0 Å². The van der Waals surface area contributed by atoms with E-state index in [0.29, 0.717) is 15.9 Å². The molecule has 0 radical (unpaired) electrons. The van der Waals surface area contributed by atoms with Gasteiger partial charge in [0.05, 0.1) is 18.0 Å². The Morgan fingerprint density at radius 2 is 1.88 bits per heavy atom. The number of halogens is 4. The molecule has 0 atom stereocenters. The van der Waals surface area contributed by atoms with Crippen LogP contribution in [0.15, 0.2) is 51.4 Å². The van der Waals surface area contributed by atoms with Crippen LogP contribution in [0, 0.1) is 0 Å². The molecule has 0 aliphatic carbocycles. The molecule has 0 bridgehead atoms. The molecule has 0 aliphatic rings. The number of aromatic nitrogens is 4. The van der Waals surface area contributed by atoms with Crippen LogP contribution in [0.4, 0.5) is 24.8 Å². The maximum atomic E-state index is 12.6. The van der Waals surface area contributed by atoms with E-state index < -0.39 is 6.36 Å². The summed E-state index contributed by atoms with van der Waals surface area (Å²) < 4.78 is 42.4. The van der Waals surface area contributed by atoms with Crippen LogP contribution in [-0.2, 0) is 0 Å². The number of rotatable bonds is 4. The number of ether oxygens (including phenoxy) is 1. The molecule has 7 nitrogen and oxygen atoms in total. The standard InChI is InChI=1S/C13H8BrF3N6O/c14-7-1-2-8(10(5-7)24-13(15,16)17)9-6-19-22-12(9)23-21-11-3-4-18-20-11/h1-6H,(H,18,20)(H,19,22). The largest absolute Gasteiger partial charge is 0.573 e. The molecule has 3 aromatic rings. The molecule has 0 saturated heterocycles. The molecule has 124 valence electrons. The van der Waals surface area contributed by atoms with E-state index in [0.717, 1.165) is 0 Å². The molecular formula is C13H8BrF3N6O. The van der Waals surface area contributed by atoms with Gasteiger partial charge >= 0.3 is 6.36 Å². The molecule has 3 rings (SSSR count). The first-order valence-electron chi connectivity index (χ1n) is 6.42. The number of azo groups is 1. The minimum absolute atomic E-state index is 0.169. The quantitative estimate of drug-likeness (QED) is 0.611. The van der Waals surface area contributed by atoms with Crippen molar-refractivity contribution < 1.29 is 17.9 Å². The molecule has 0 saturated carbocycles. The van der Waals surface area contributed by atoms with E-state index in [1.165, 1.54) is 24.5 Å². The number of hydrogen-bond donors (Lipinski definition) is 2. The first kappa shape index (κ1) is 16.2. The third-order valence-corrected chi connectivity index (χ3v) is 3.32. The molecule has 11 heteroatoms. The van der Waals surface area contributed by atoms with Gasteiger partial charge in [-0.1, -0.05) is 15.9 Å². The highest BCUT2D eigenvalue weighted by atomic mass is 79.9. The monoisotopic (exact) mass is 400 g/mol. The van der Waals surface area contributed by atoms with E-state index in [-0.39, 0.29) is 17.1 Å². The summed E-state index contributed by atoms with van der Waals surface area (Å²) in [6.45, 7) is 0. The molecule has 0 unspecified atom stereocenters. The van der Waals surface area contributed by atoms with Crippen molar-refractivity contribution in [2.75, 3.05) is 0 Å². The highest BCUT2D eigenvalue weighted by Gasteiger charge is 2.32. The van der Waals surface area contributed by atoms with Gasteiger partial charge in [-0.2, -0.15) is 10.2 Å². The summed E-state index contributed by atoms with van der Waals surface area (Å²) in [4.78, 5) is 0. The molecule has 0 fully saturated rings. The van der Waals surface area contributed by atoms with Crippen molar-refractivity contribution in [1.82, 2.24) is 20.4 Å². The molecular weight excluding hydrogens is 393 g/mol. The topological polar surface area (TPSA) is 91.3 Å². The van der Waals surface area contributed by atoms with Crippen LogP contribution in [0.25, 0.3) is 11.1 Å². The minimum Gasteiger partial charge on any atom is -0.405 e. The first-order valence-corrected chi connectivity index (χ1v) is 7.22. The van der Waals surface area contributed by atoms with Crippen LogP contribution >= 0.6 is 15.9 Å². The minimum atomic E-state index is -4.82. The lowest BCUT2D eigenvalue weighted by Gasteiger charge is -2.13. The van der Waals surface area contributed by atoms with Crippen LogP contribution in [0.3, 0.4) is 0 Å². The van der Waals surface area contributed by atoms with Crippen LogP contribution in [-0.4, -0.2) is 26.8 Å². The Labute approximate surface area is 141 Å². The Morgan fingerprint density at radius 1 is 1.04 bits per heavy atom. The fourth-order valence-corrected chi connectivity index (χ4v) is 2.23. The maximum absolute atomic E-state index is 12.6. The van der Waals surface area contributed by atoms with Gasteiger partial charge in [-0.3, -0.25) is 10.2 Å². The van der Waals surface area contributed by atoms with Crippen LogP contribution in [0.5, 0.6) is 5.75 Å². The summed E-state index contributed by atoms with van der Waals surface area (Å²) in [5.41, 5.74) is 0.479. The fraction of sp³-hybridized carbons (Fsp3) is 0.0769. The summed E-state index contributed by atoms with van der Waals surface area (Å²) in [6.07, 6.45) is -1.99. The van der Waals surface area contributed by atoms with E-state index >= 15 is 0 Å². The van der Waals surface area contributed by atoms with Gasteiger partial charge in [0.2, 0.25) is 0 Å². The lowest BCUT2D eigenvalue weighted by molar-refractivity contribution is -0.274. The number of benzene rings is 1. The predicted octanol–water partition coefficient (Wildman–Crippen LogP) is 4.88. The Morgan fingerprint density at radius 3 is 2.58 bits per heavy atom. The molecule has 1 aromatic carbocycles. The van der Waals surface area contributed by atoms with Crippen molar-refractivity contribution >= 4 is 27.6 Å². The third kappa shape index (κ3) is 3.79. The molecule has 24 heavy (non-hydrogen) atoms. The van der Waals surface area contributed by atoms with Gasteiger partial charge in [0.15, 0.2) is 11.6 Å². The lowest BCUT2D eigenvalue weighted by atomic mass is 10.1. The second-order valence-corrected chi connectivity index (χ2v) is 5.38. The van der Waals surface area contributed by atoms with E-state index in [1.54, 1.807) is 12.1 Å². The zero-order valence-electron chi connectivity index (χ0n) is 11.7. The smallest absolute Gasteiger partial charge is 0.405 e. The van der Waals surface area contributed by atoms with Crippen molar-refractivity contribution in [2.24, 2.45) is 10.2 Å². The van der Waals surface area contributed by atoms with Crippen LogP contribution < -0.4 is 4.74 Å². The second-order valence-electron chi connectivity index (χ2n) is 4.46. The third-order valence-electron chi connectivity index (χ3n) is 2.82. The van der Waals surface area contributed by atoms with Gasteiger partial charge in [0, 0.05) is 16.1 Å². The molecule has 0 aliphatic heterocycles. The van der Waals surface area contributed by atoms with Crippen molar-refractivity contribution in [2.45, 2.75) is 6.36 Å². The number of H-pyrrole nitrogens is 2. The van der Waals surface area contributed by atoms with E-state index in [2.05, 4.69) is 51.3 Å². The van der Waals surface area contributed by atoms with Gasteiger partial charge in [-0.15, -0.1) is 23.4 Å². The maximum Gasteiger partial charge on any atom is 0.573 e. The molecule has 0 amide bonds. The normalized spacial score (nSPS) is 12.0. The molecule has 2 aromatic heterocycles.